The molecule has 1 rings (SSSR count). The van der Waals surface area contributed by atoms with E-state index in [1.54, 1.807) is 0 Å². The van der Waals surface area contributed by atoms with E-state index in [0.717, 1.165) is 4.48 Å². The van der Waals surface area contributed by atoms with Gasteiger partial charge >= 0.3 is 0 Å². The molecule has 0 fully saturated rings. The molecule has 1 aromatic carbocycles. The molecule has 0 aliphatic heterocycles. The zero-order valence-corrected chi connectivity index (χ0v) is 11.3. The molecular formula is C15H26N+. The van der Waals surface area contributed by atoms with Crippen LogP contribution in [0.1, 0.15) is 38.2 Å². The van der Waals surface area contributed by atoms with Gasteiger partial charge in [0, 0.05) is 5.56 Å². The number of para-hydroxylation sites is 1. The fourth-order valence-electron chi connectivity index (χ4n) is 2.30. The Morgan fingerprint density at radius 2 is 1.69 bits per heavy atom. The lowest BCUT2D eigenvalue weighted by molar-refractivity contribution is 0.381. The number of rotatable bonds is 6. The molecule has 0 heterocycles. The van der Waals surface area contributed by atoms with Gasteiger partial charge in [-0.3, -0.25) is 4.48 Å². The maximum absolute atomic E-state index is 2.31. The molecule has 1 heteroatoms. The Labute approximate surface area is 101 Å². The summed E-state index contributed by atoms with van der Waals surface area (Å²) in [6.45, 7) is 5.72. The fraction of sp³-hybridized carbons (Fsp3) is 0.600. The molecule has 1 aromatic rings. The van der Waals surface area contributed by atoms with Crippen LogP contribution >= 0.6 is 0 Å². The van der Waals surface area contributed by atoms with Crippen molar-refractivity contribution in [3.63, 3.8) is 0 Å². The summed E-state index contributed by atoms with van der Waals surface area (Å²) in [5, 5.41) is 0. The average molecular weight is 220 g/mol. The van der Waals surface area contributed by atoms with Crippen LogP contribution < -0.4 is 4.48 Å². The largest absolute Gasteiger partial charge is 0.296 e. The zero-order chi connectivity index (χ0) is 12.0. The number of hydrogen-bond donors (Lipinski definition) is 0. The van der Waals surface area contributed by atoms with Crippen LogP contribution in [0.25, 0.3) is 0 Å². The lowest BCUT2D eigenvalue weighted by Gasteiger charge is -2.30. The Hall–Kier alpha value is -0.820. The predicted molar refractivity (Wildman–Crippen MR) is 73.8 cm³/mol. The monoisotopic (exact) mass is 220 g/mol. The van der Waals surface area contributed by atoms with E-state index in [4.69, 9.17) is 0 Å². The summed E-state index contributed by atoms with van der Waals surface area (Å²) in [5.74, 6) is 0. The van der Waals surface area contributed by atoms with Gasteiger partial charge < -0.3 is 0 Å². The third-order valence-corrected chi connectivity index (χ3v) is 3.34. The second-order valence-corrected chi connectivity index (χ2v) is 5.26. The molecule has 0 N–H and O–H groups in total. The van der Waals surface area contributed by atoms with E-state index in [1.807, 2.05) is 0 Å². The first kappa shape index (κ1) is 13.2. The number of unbranched alkanes of at least 4 members (excludes halogenated alkanes) is 3. The van der Waals surface area contributed by atoms with E-state index in [-0.39, 0.29) is 0 Å². The van der Waals surface area contributed by atoms with Crippen molar-refractivity contribution in [2.24, 2.45) is 0 Å². The van der Waals surface area contributed by atoms with Crippen LogP contribution in [0, 0.1) is 6.92 Å². The summed E-state index contributed by atoms with van der Waals surface area (Å²) in [6, 6.07) is 8.74. The summed E-state index contributed by atoms with van der Waals surface area (Å²) < 4.78 is 1.01. The molecule has 0 amide bonds. The van der Waals surface area contributed by atoms with Gasteiger partial charge in [0.05, 0.1) is 20.6 Å². The minimum atomic E-state index is 1.01. The Balaban J connectivity index is 2.59. The molecule has 0 saturated carbocycles. The third kappa shape index (κ3) is 3.64. The molecule has 1 nitrogen and oxygen atoms in total. The van der Waals surface area contributed by atoms with Crippen molar-refractivity contribution in [3.8, 4) is 0 Å². The minimum absolute atomic E-state index is 1.01. The molecule has 0 spiro atoms. The van der Waals surface area contributed by atoms with Crippen LogP contribution in [0.4, 0.5) is 5.69 Å². The Morgan fingerprint density at radius 3 is 2.31 bits per heavy atom. The van der Waals surface area contributed by atoms with Crippen LogP contribution in [0.2, 0.25) is 0 Å². The number of aryl methyl sites for hydroxylation is 1. The minimum Gasteiger partial charge on any atom is -0.296 e. The van der Waals surface area contributed by atoms with Crippen LogP contribution in [-0.4, -0.2) is 20.6 Å². The van der Waals surface area contributed by atoms with E-state index in [2.05, 4.69) is 52.2 Å². The standard InChI is InChI=1S/C15H26N/c1-5-6-7-10-13-16(3,4)15-12-9-8-11-14(15)2/h8-9,11-12H,5-7,10,13H2,1-4H3/q+1. The molecule has 16 heavy (non-hydrogen) atoms. The first-order chi connectivity index (χ1) is 7.58. The highest BCUT2D eigenvalue weighted by Gasteiger charge is 2.19. The molecular weight excluding hydrogens is 194 g/mol. The van der Waals surface area contributed by atoms with Crippen molar-refractivity contribution in [2.75, 3.05) is 20.6 Å². The Kier molecular flexibility index (Phi) is 5.01. The lowest BCUT2D eigenvalue weighted by Crippen LogP contribution is -2.41. The Morgan fingerprint density at radius 1 is 1.00 bits per heavy atom. The molecule has 0 aromatic heterocycles. The molecule has 0 bridgehead atoms. The predicted octanol–water partition coefficient (Wildman–Crippen LogP) is 4.14. The molecule has 0 atom stereocenters. The highest BCUT2D eigenvalue weighted by molar-refractivity contribution is 5.48. The van der Waals surface area contributed by atoms with Gasteiger partial charge in [-0.2, -0.15) is 0 Å². The van der Waals surface area contributed by atoms with E-state index in [0.29, 0.717) is 0 Å². The van der Waals surface area contributed by atoms with E-state index in [1.165, 1.54) is 43.5 Å². The third-order valence-electron chi connectivity index (χ3n) is 3.34. The van der Waals surface area contributed by atoms with Gasteiger partial charge in [-0.05, 0) is 25.8 Å². The second kappa shape index (κ2) is 6.05. The zero-order valence-electron chi connectivity index (χ0n) is 11.3. The van der Waals surface area contributed by atoms with Gasteiger partial charge in [-0.25, -0.2) is 0 Å². The second-order valence-electron chi connectivity index (χ2n) is 5.26. The first-order valence-corrected chi connectivity index (χ1v) is 6.47. The topological polar surface area (TPSA) is 0 Å². The van der Waals surface area contributed by atoms with Crippen molar-refractivity contribution in [1.29, 1.82) is 0 Å². The molecule has 0 saturated heterocycles. The smallest absolute Gasteiger partial charge is 0.135 e. The average Bonchev–Trinajstić information content (AvgIpc) is 2.25. The number of quaternary nitrogens is 1. The van der Waals surface area contributed by atoms with E-state index >= 15 is 0 Å². The summed E-state index contributed by atoms with van der Waals surface area (Å²) in [5.41, 5.74) is 2.86. The van der Waals surface area contributed by atoms with Crippen molar-refractivity contribution >= 4 is 5.69 Å². The SMILES string of the molecule is CCCCCC[N+](C)(C)c1ccccc1C. The quantitative estimate of drug-likeness (QED) is 0.499. The van der Waals surface area contributed by atoms with Crippen LogP contribution in [0.15, 0.2) is 24.3 Å². The maximum atomic E-state index is 2.31. The van der Waals surface area contributed by atoms with Crippen molar-refractivity contribution in [1.82, 2.24) is 4.48 Å². The van der Waals surface area contributed by atoms with E-state index < -0.39 is 0 Å². The van der Waals surface area contributed by atoms with Crippen molar-refractivity contribution < 1.29 is 0 Å². The summed E-state index contributed by atoms with van der Waals surface area (Å²) in [7, 11) is 4.63. The molecule has 0 aliphatic rings. The summed E-state index contributed by atoms with van der Waals surface area (Å²) >= 11 is 0. The van der Waals surface area contributed by atoms with Gasteiger partial charge in [0.2, 0.25) is 0 Å². The van der Waals surface area contributed by atoms with Gasteiger partial charge in [-0.1, -0.05) is 38.0 Å². The van der Waals surface area contributed by atoms with Crippen LogP contribution in [0.3, 0.4) is 0 Å². The Bertz CT molecular complexity index is 315. The normalized spacial score (nSPS) is 11.8. The van der Waals surface area contributed by atoms with Crippen LogP contribution in [0.5, 0.6) is 0 Å². The van der Waals surface area contributed by atoms with Gasteiger partial charge in [0.1, 0.15) is 5.69 Å². The highest BCUT2D eigenvalue weighted by atomic mass is 15.3. The first-order valence-electron chi connectivity index (χ1n) is 6.47. The summed E-state index contributed by atoms with van der Waals surface area (Å²) in [4.78, 5) is 0. The van der Waals surface area contributed by atoms with Crippen molar-refractivity contribution in [3.05, 3.63) is 29.8 Å². The van der Waals surface area contributed by atoms with Crippen molar-refractivity contribution in [2.45, 2.75) is 39.5 Å². The summed E-state index contributed by atoms with van der Waals surface area (Å²) in [6.07, 6.45) is 5.38. The molecule has 90 valence electrons. The van der Waals surface area contributed by atoms with Gasteiger partial charge in [-0.15, -0.1) is 0 Å². The number of benzene rings is 1. The molecule has 0 unspecified atom stereocenters. The van der Waals surface area contributed by atoms with Gasteiger partial charge in [0.15, 0.2) is 0 Å². The van der Waals surface area contributed by atoms with Crippen LogP contribution in [-0.2, 0) is 0 Å². The fourth-order valence-corrected chi connectivity index (χ4v) is 2.30. The van der Waals surface area contributed by atoms with Gasteiger partial charge in [0.25, 0.3) is 0 Å². The van der Waals surface area contributed by atoms with E-state index in [9.17, 15) is 0 Å². The molecule has 0 aliphatic carbocycles. The molecule has 0 radical (unpaired) electrons. The highest BCUT2D eigenvalue weighted by Crippen LogP contribution is 2.23. The maximum Gasteiger partial charge on any atom is 0.135 e. The number of hydrogen-bond acceptors (Lipinski definition) is 0. The number of nitrogens with zero attached hydrogens (tertiary/aromatic N) is 1. The lowest BCUT2D eigenvalue weighted by atomic mass is 10.1.